The van der Waals surface area contributed by atoms with Crippen LogP contribution in [0.4, 0.5) is 0 Å². The summed E-state index contributed by atoms with van der Waals surface area (Å²) in [6.45, 7) is 8.38. The highest BCUT2D eigenvalue weighted by atomic mass is 32.2. The Kier molecular flexibility index (Phi) is 20.7. The second kappa shape index (κ2) is 21.2. The van der Waals surface area contributed by atoms with Crippen molar-refractivity contribution in [2.75, 3.05) is 39.6 Å². The Morgan fingerprint density at radius 3 is 1.29 bits per heavy atom. The molecule has 208 valence electrons. The van der Waals surface area contributed by atoms with Crippen molar-refractivity contribution < 1.29 is 40.6 Å². The normalized spacial score (nSPS) is 15.3. The van der Waals surface area contributed by atoms with Crippen LogP contribution >= 0.6 is 0 Å². The topological polar surface area (TPSA) is 130 Å². The number of thiol groups is 2. The molecule has 9 nitrogen and oxygen atoms in total. The molecule has 0 aromatic rings. The van der Waals surface area contributed by atoms with Gasteiger partial charge in [-0.15, -0.1) is 0 Å². The summed E-state index contributed by atoms with van der Waals surface area (Å²) in [6, 6.07) is 0. The van der Waals surface area contributed by atoms with E-state index in [4.69, 9.17) is 14.2 Å². The van der Waals surface area contributed by atoms with E-state index in [-0.39, 0.29) is 75.9 Å². The van der Waals surface area contributed by atoms with Crippen molar-refractivity contribution in [3.8, 4) is 0 Å². The fraction of sp³-hybridized carbons (Fsp3) is 0.917. The quantitative estimate of drug-likeness (QED) is 0.140. The first-order chi connectivity index (χ1) is 16.6. The molecule has 35 heavy (non-hydrogen) atoms. The van der Waals surface area contributed by atoms with Gasteiger partial charge in [-0.1, -0.05) is 40.5 Å². The third-order valence-corrected chi connectivity index (χ3v) is 8.29. The lowest BCUT2D eigenvalue weighted by Gasteiger charge is -2.19. The maximum atomic E-state index is 11.9. The van der Waals surface area contributed by atoms with E-state index in [1.807, 2.05) is 13.8 Å². The smallest absolute Gasteiger partial charge is 0.145 e. The van der Waals surface area contributed by atoms with Crippen LogP contribution in [0.15, 0.2) is 0 Å². The van der Waals surface area contributed by atoms with Gasteiger partial charge in [0.25, 0.3) is 0 Å². The Morgan fingerprint density at radius 1 is 0.629 bits per heavy atom. The molecule has 0 amide bonds. The van der Waals surface area contributed by atoms with Crippen molar-refractivity contribution in [2.45, 2.75) is 89.6 Å². The summed E-state index contributed by atoms with van der Waals surface area (Å²) in [4.78, 5) is 23.8. The second-order valence-electron chi connectivity index (χ2n) is 9.11. The van der Waals surface area contributed by atoms with Crippen LogP contribution < -0.4 is 0 Å². The van der Waals surface area contributed by atoms with Crippen LogP contribution in [0, 0.1) is 11.8 Å². The van der Waals surface area contributed by atoms with Crippen LogP contribution in [0.1, 0.15) is 79.1 Å². The van der Waals surface area contributed by atoms with Gasteiger partial charge in [-0.2, -0.15) is 0 Å². The van der Waals surface area contributed by atoms with Crippen LogP contribution in [0.5, 0.6) is 0 Å². The Labute approximate surface area is 214 Å². The minimum atomic E-state index is -2.71. The van der Waals surface area contributed by atoms with E-state index >= 15 is 0 Å². The summed E-state index contributed by atoms with van der Waals surface area (Å²) < 4.78 is 62.5. The zero-order valence-electron chi connectivity index (χ0n) is 21.8. The number of rotatable bonds is 24. The first-order valence-electron chi connectivity index (χ1n) is 12.7. The van der Waals surface area contributed by atoms with E-state index in [0.29, 0.717) is 12.8 Å². The first-order valence-corrected chi connectivity index (χ1v) is 15.2. The van der Waals surface area contributed by atoms with Gasteiger partial charge in [0.15, 0.2) is 0 Å². The third kappa shape index (κ3) is 17.3. The van der Waals surface area contributed by atoms with Gasteiger partial charge in [-0.05, 0) is 24.7 Å². The summed E-state index contributed by atoms with van der Waals surface area (Å²) in [5.41, 5.74) is 0. The van der Waals surface area contributed by atoms with E-state index in [1.165, 1.54) is 0 Å². The largest absolute Gasteiger partial charge is 0.378 e. The van der Waals surface area contributed by atoms with Gasteiger partial charge in [0.1, 0.15) is 33.0 Å². The van der Waals surface area contributed by atoms with E-state index < -0.39 is 31.9 Å². The maximum Gasteiger partial charge on any atom is 0.145 e. The summed E-state index contributed by atoms with van der Waals surface area (Å²) in [5.74, 6) is -0.462. The van der Waals surface area contributed by atoms with Crippen molar-refractivity contribution >= 4 is 33.0 Å². The zero-order chi connectivity index (χ0) is 26.6. The number of hydrogen-bond donors (Lipinski definition) is 2. The van der Waals surface area contributed by atoms with Crippen molar-refractivity contribution in [2.24, 2.45) is 11.8 Å². The van der Waals surface area contributed by atoms with Crippen molar-refractivity contribution in [3.63, 3.8) is 0 Å². The van der Waals surface area contributed by atoms with Crippen LogP contribution in [-0.4, -0.2) is 78.5 Å². The van der Waals surface area contributed by atoms with E-state index in [2.05, 4.69) is 0 Å². The van der Waals surface area contributed by atoms with E-state index in [9.17, 15) is 26.4 Å². The van der Waals surface area contributed by atoms with Gasteiger partial charge < -0.3 is 14.2 Å². The number of ketones is 2. The minimum absolute atomic E-state index is 0.00782. The van der Waals surface area contributed by atoms with Gasteiger partial charge in [-0.25, -0.2) is 16.8 Å². The standard InChI is InChI=1S/C24H46O9S2/c1-5-7-9-21(25)15-19(3)23(34(27)28)17-32-13-11-31-12-14-33-18-24(35(29)30)20(4)16-22(26)10-8-6-2/h19-20,23-24,34-35H,5-18H2,1-4H3. The number of hydrogen-bond acceptors (Lipinski definition) is 9. The predicted octanol–water partition coefficient (Wildman–Crippen LogP) is 2.57. The fourth-order valence-corrected chi connectivity index (χ4v) is 5.05. The lowest BCUT2D eigenvalue weighted by atomic mass is 9.98. The minimum Gasteiger partial charge on any atom is -0.378 e. The molecule has 0 saturated heterocycles. The van der Waals surface area contributed by atoms with Gasteiger partial charge in [0, 0.05) is 25.7 Å². The Hall–Kier alpha value is -0.880. The molecule has 0 N–H and O–H groups in total. The molecule has 11 heteroatoms. The van der Waals surface area contributed by atoms with Crippen LogP contribution in [0.3, 0.4) is 0 Å². The predicted molar refractivity (Wildman–Crippen MR) is 137 cm³/mol. The first kappa shape index (κ1) is 34.1. The van der Waals surface area contributed by atoms with E-state index in [0.717, 1.165) is 25.7 Å². The molecule has 0 aliphatic carbocycles. The Morgan fingerprint density at radius 2 is 0.971 bits per heavy atom. The number of ether oxygens (including phenoxy) is 3. The van der Waals surface area contributed by atoms with Gasteiger partial charge in [0.05, 0.1) is 50.1 Å². The highest BCUT2D eigenvalue weighted by Crippen LogP contribution is 2.16. The lowest BCUT2D eigenvalue weighted by Crippen LogP contribution is -2.29. The second-order valence-corrected chi connectivity index (χ2v) is 11.6. The average Bonchev–Trinajstić information content (AvgIpc) is 2.79. The molecule has 0 spiro atoms. The number of carbonyl (C=O) groups is 2. The van der Waals surface area contributed by atoms with Crippen molar-refractivity contribution in [1.29, 1.82) is 0 Å². The van der Waals surface area contributed by atoms with Crippen molar-refractivity contribution in [1.82, 2.24) is 0 Å². The number of unbranched alkanes of at least 4 members (excludes halogenated alkanes) is 2. The SMILES string of the molecule is CCCCC(=O)CC(C)C(COCCOCCOCC(C(C)CC(=O)CCCC)[SH](=O)=O)[SH](=O)=O. The average molecular weight is 543 g/mol. The molecule has 0 bridgehead atoms. The highest BCUT2D eigenvalue weighted by molar-refractivity contribution is 7.73. The highest BCUT2D eigenvalue weighted by Gasteiger charge is 2.24. The van der Waals surface area contributed by atoms with Crippen LogP contribution in [0.2, 0.25) is 0 Å². The zero-order valence-corrected chi connectivity index (χ0v) is 23.6. The lowest BCUT2D eigenvalue weighted by molar-refractivity contribution is -0.120. The molecule has 0 saturated carbocycles. The van der Waals surface area contributed by atoms with Gasteiger partial charge >= 0.3 is 0 Å². The molecule has 0 aliphatic rings. The molecule has 4 unspecified atom stereocenters. The molecule has 0 rings (SSSR count). The van der Waals surface area contributed by atoms with E-state index in [1.54, 1.807) is 13.8 Å². The molecule has 0 aliphatic heterocycles. The number of carbonyl (C=O) groups excluding carboxylic acids is 2. The van der Waals surface area contributed by atoms with Crippen LogP contribution in [-0.2, 0) is 45.2 Å². The maximum absolute atomic E-state index is 11.9. The Bertz CT molecular complexity index is 659. The summed E-state index contributed by atoms with van der Waals surface area (Å²) in [7, 11) is -5.43. The molecule has 0 aromatic carbocycles. The van der Waals surface area contributed by atoms with Gasteiger partial charge in [-0.3, -0.25) is 9.59 Å². The molecule has 0 radical (unpaired) electrons. The van der Waals surface area contributed by atoms with Crippen LogP contribution in [0.25, 0.3) is 0 Å². The Balaban J connectivity index is 4.12. The van der Waals surface area contributed by atoms with Crippen molar-refractivity contribution in [3.05, 3.63) is 0 Å². The fourth-order valence-electron chi connectivity index (χ4n) is 3.55. The molecule has 0 aromatic heterocycles. The molecule has 4 atom stereocenters. The molecule has 0 heterocycles. The monoisotopic (exact) mass is 542 g/mol. The molecular weight excluding hydrogens is 496 g/mol. The van der Waals surface area contributed by atoms with Gasteiger partial charge in [0.2, 0.25) is 0 Å². The summed E-state index contributed by atoms with van der Waals surface area (Å²) in [5, 5.41) is -1.44. The third-order valence-electron chi connectivity index (χ3n) is 5.89. The molecular formula is C24H46O9S2. The molecule has 0 fully saturated rings. The number of Topliss-reactive ketones (excluding diaryl/α,β-unsaturated/α-hetero) is 2. The summed E-state index contributed by atoms with van der Waals surface area (Å²) in [6.07, 6.45) is 4.87. The summed E-state index contributed by atoms with van der Waals surface area (Å²) >= 11 is 0.